The van der Waals surface area contributed by atoms with E-state index in [9.17, 15) is 4.79 Å². The molecule has 1 N–H and O–H groups in total. The minimum Gasteiger partial charge on any atom is -0.360 e. The van der Waals surface area contributed by atoms with Crippen molar-refractivity contribution in [3.63, 3.8) is 0 Å². The molecule has 1 aliphatic heterocycles. The lowest BCUT2D eigenvalue weighted by Crippen LogP contribution is -2.44. The van der Waals surface area contributed by atoms with Crippen molar-refractivity contribution in [2.45, 2.75) is 45.6 Å². The highest BCUT2D eigenvalue weighted by atomic mass is 16.5. The number of likely N-dealkylation sites (N-methyl/N-ethyl adjacent to an activating group) is 1. The zero-order chi connectivity index (χ0) is 15.2. The number of rotatable bonds is 3. The van der Waals surface area contributed by atoms with Gasteiger partial charge in [0.2, 0.25) is 0 Å². The summed E-state index contributed by atoms with van der Waals surface area (Å²) >= 11 is 0. The number of amides is 1. The second-order valence-electron chi connectivity index (χ2n) is 7.66. The van der Waals surface area contributed by atoms with Gasteiger partial charge in [0.1, 0.15) is 5.76 Å². The topological polar surface area (TPSA) is 58.4 Å². The molecule has 2 aliphatic rings. The van der Waals surface area contributed by atoms with E-state index in [0.717, 1.165) is 31.7 Å². The Labute approximate surface area is 126 Å². The summed E-state index contributed by atoms with van der Waals surface area (Å²) in [6, 6.07) is 1.97. The van der Waals surface area contributed by atoms with Gasteiger partial charge in [-0.3, -0.25) is 4.79 Å². The molecule has 1 aromatic rings. The molecular weight excluding hydrogens is 266 g/mol. The Morgan fingerprint density at radius 1 is 1.38 bits per heavy atom. The number of hydrogen-bond donors (Lipinski definition) is 1. The van der Waals surface area contributed by atoms with Crippen LogP contribution in [0, 0.1) is 11.3 Å². The molecule has 0 radical (unpaired) electrons. The van der Waals surface area contributed by atoms with Crippen molar-refractivity contribution in [1.82, 2.24) is 15.4 Å². The lowest BCUT2D eigenvalue weighted by Gasteiger charge is -2.31. The molecule has 5 heteroatoms. The van der Waals surface area contributed by atoms with E-state index in [0.29, 0.717) is 17.5 Å². The van der Waals surface area contributed by atoms with E-state index in [-0.39, 0.29) is 17.4 Å². The summed E-state index contributed by atoms with van der Waals surface area (Å²) < 4.78 is 5.27. The lowest BCUT2D eigenvalue weighted by atomic mass is 9.78. The molecule has 3 rings (SSSR count). The van der Waals surface area contributed by atoms with Crippen molar-refractivity contribution < 1.29 is 9.32 Å². The van der Waals surface area contributed by atoms with E-state index >= 15 is 0 Å². The lowest BCUT2D eigenvalue weighted by molar-refractivity contribution is 0.0903. The first kappa shape index (κ1) is 14.6. The summed E-state index contributed by atoms with van der Waals surface area (Å²) in [5, 5.41) is 7.08. The van der Waals surface area contributed by atoms with Gasteiger partial charge in [0.05, 0.1) is 0 Å². The van der Waals surface area contributed by atoms with Crippen LogP contribution in [0.15, 0.2) is 10.6 Å². The van der Waals surface area contributed by atoms with E-state index in [1.807, 2.05) is 0 Å². The number of carbonyl (C=O) groups is 1. The molecule has 2 atom stereocenters. The van der Waals surface area contributed by atoms with Crippen molar-refractivity contribution >= 4 is 5.91 Å². The molecule has 21 heavy (non-hydrogen) atoms. The molecule has 1 aliphatic carbocycles. The van der Waals surface area contributed by atoms with Gasteiger partial charge in [-0.1, -0.05) is 25.9 Å². The van der Waals surface area contributed by atoms with Crippen LogP contribution in [0.25, 0.3) is 0 Å². The molecule has 5 nitrogen and oxygen atoms in total. The smallest absolute Gasteiger partial charge is 0.273 e. The van der Waals surface area contributed by atoms with Crippen molar-refractivity contribution in [3.8, 4) is 0 Å². The Morgan fingerprint density at radius 2 is 2.10 bits per heavy atom. The minimum atomic E-state index is -0.111. The molecular formula is C16H25N3O2. The van der Waals surface area contributed by atoms with E-state index in [1.165, 1.54) is 0 Å². The number of aromatic nitrogens is 1. The maximum absolute atomic E-state index is 12.4. The highest BCUT2D eigenvalue weighted by Crippen LogP contribution is 2.40. The zero-order valence-electron chi connectivity index (χ0n) is 13.3. The van der Waals surface area contributed by atoms with Crippen LogP contribution in [0.5, 0.6) is 0 Å². The number of hydrogen-bond acceptors (Lipinski definition) is 4. The number of nitrogens with one attached hydrogen (secondary N) is 1. The first-order valence-corrected chi connectivity index (χ1v) is 7.80. The number of likely N-dealkylation sites (tertiary alicyclic amines) is 1. The van der Waals surface area contributed by atoms with E-state index < -0.39 is 0 Å². The van der Waals surface area contributed by atoms with Crippen LogP contribution in [-0.2, 0) is 0 Å². The fourth-order valence-electron chi connectivity index (χ4n) is 3.22. The molecule has 0 aromatic carbocycles. The summed E-state index contributed by atoms with van der Waals surface area (Å²) in [7, 11) is 2.10. The van der Waals surface area contributed by atoms with E-state index in [4.69, 9.17) is 4.52 Å². The monoisotopic (exact) mass is 291 g/mol. The Hall–Kier alpha value is -1.36. The van der Waals surface area contributed by atoms with E-state index in [2.05, 4.69) is 43.2 Å². The highest BCUT2D eigenvalue weighted by molar-refractivity contribution is 5.92. The summed E-state index contributed by atoms with van der Waals surface area (Å²) in [5.74, 6) is 1.68. The molecule has 0 spiro atoms. The fourth-order valence-corrected chi connectivity index (χ4v) is 3.22. The number of nitrogens with zero attached hydrogens (tertiary/aromatic N) is 2. The predicted molar refractivity (Wildman–Crippen MR) is 80.2 cm³/mol. The SMILES string of the molecule is CN1C[C@@H](C(C)(C)C)[C@H](NC(=O)c2cc(C3CC3)on2)C1. The standard InChI is InChI=1S/C16H25N3O2/c1-16(2,3)11-8-19(4)9-13(11)17-15(20)12-7-14(21-18-12)10-5-6-10/h7,10-11,13H,5-6,8-9H2,1-4H3,(H,17,20)/t11-,13-/m1/s1. The van der Waals surface area contributed by atoms with Crippen LogP contribution in [0.1, 0.15) is 55.8 Å². The third-order valence-electron chi connectivity index (χ3n) is 4.67. The van der Waals surface area contributed by atoms with Crippen molar-refractivity contribution in [2.75, 3.05) is 20.1 Å². The van der Waals surface area contributed by atoms with Crippen LogP contribution in [0.3, 0.4) is 0 Å². The molecule has 1 amide bonds. The molecule has 0 unspecified atom stereocenters. The van der Waals surface area contributed by atoms with Gasteiger partial charge in [0.25, 0.3) is 5.91 Å². The van der Waals surface area contributed by atoms with E-state index in [1.54, 1.807) is 6.07 Å². The Bertz CT molecular complexity index is 528. The van der Waals surface area contributed by atoms with Gasteiger partial charge in [-0.15, -0.1) is 0 Å². The maximum atomic E-state index is 12.4. The number of carbonyl (C=O) groups excluding carboxylic acids is 1. The third-order valence-corrected chi connectivity index (χ3v) is 4.67. The average molecular weight is 291 g/mol. The van der Waals surface area contributed by atoms with Gasteiger partial charge in [0.15, 0.2) is 5.69 Å². The predicted octanol–water partition coefficient (Wildman–Crippen LogP) is 2.26. The summed E-state index contributed by atoms with van der Waals surface area (Å²) in [6.45, 7) is 8.60. The van der Waals surface area contributed by atoms with Crippen molar-refractivity contribution in [3.05, 3.63) is 17.5 Å². The van der Waals surface area contributed by atoms with Crippen molar-refractivity contribution in [1.29, 1.82) is 0 Å². The summed E-state index contributed by atoms with van der Waals surface area (Å²) in [4.78, 5) is 14.7. The molecule has 1 aromatic heterocycles. The molecule has 1 saturated carbocycles. The summed E-state index contributed by atoms with van der Waals surface area (Å²) in [5.41, 5.74) is 0.588. The Morgan fingerprint density at radius 3 is 2.71 bits per heavy atom. The molecule has 1 saturated heterocycles. The van der Waals surface area contributed by atoms with Gasteiger partial charge in [-0.2, -0.15) is 0 Å². The quantitative estimate of drug-likeness (QED) is 0.928. The molecule has 0 bridgehead atoms. The first-order chi connectivity index (χ1) is 9.84. The first-order valence-electron chi connectivity index (χ1n) is 7.80. The van der Waals surface area contributed by atoms with Crippen LogP contribution in [0.4, 0.5) is 0 Å². The minimum absolute atomic E-state index is 0.111. The van der Waals surface area contributed by atoms with Crippen LogP contribution < -0.4 is 5.32 Å². The largest absolute Gasteiger partial charge is 0.360 e. The molecule has 2 fully saturated rings. The fraction of sp³-hybridized carbons (Fsp3) is 0.750. The van der Waals surface area contributed by atoms with Crippen LogP contribution in [-0.4, -0.2) is 42.1 Å². The Kier molecular flexibility index (Phi) is 3.56. The van der Waals surface area contributed by atoms with Crippen LogP contribution in [0.2, 0.25) is 0 Å². The Balaban J connectivity index is 1.67. The van der Waals surface area contributed by atoms with Gasteiger partial charge >= 0.3 is 0 Å². The normalized spacial score (nSPS) is 27.0. The second kappa shape index (κ2) is 5.13. The molecule has 2 heterocycles. The van der Waals surface area contributed by atoms with Crippen molar-refractivity contribution in [2.24, 2.45) is 11.3 Å². The highest BCUT2D eigenvalue weighted by Gasteiger charge is 2.39. The van der Waals surface area contributed by atoms with Gasteiger partial charge < -0.3 is 14.7 Å². The second-order valence-corrected chi connectivity index (χ2v) is 7.66. The molecule has 116 valence electrons. The maximum Gasteiger partial charge on any atom is 0.273 e. The zero-order valence-corrected chi connectivity index (χ0v) is 13.3. The average Bonchev–Trinajstić information content (AvgIpc) is 2.98. The van der Waals surface area contributed by atoms with Crippen LogP contribution >= 0.6 is 0 Å². The third kappa shape index (κ3) is 3.12. The summed E-state index contributed by atoms with van der Waals surface area (Å²) in [6.07, 6.45) is 2.30. The van der Waals surface area contributed by atoms with Gasteiger partial charge in [-0.05, 0) is 31.2 Å². The van der Waals surface area contributed by atoms with Gasteiger partial charge in [0, 0.05) is 31.1 Å². The van der Waals surface area contributed by atoms with Gasteiger partial charge in [-0.25, -0.2) is 0 Å².